The van der Waals surface area contributed by atoms with Gasteiger partial charge in [-0.05, 0) is 74.4 Å². The van der Waals surface area contributed by atoms with Crippen LogP contribution in [-0.4, -0.2) is 72.7 Å². The predicted molar refractivity (Wildman–Crippen MR) is 156 cm³/mol. The molecular weight excluding hydrogens is 516 g/mol. The van der Waals surface area contributed by atoms with Crippen LogP contribution in [0.15, 0.2) is 43.0 Å². The van der Waals surface area contributed by atoms with Crippen molar-refractivity contribution in [2.45, 2.75) is 75.7 Å². The van der Waals surface area contributed by atoms with Gasteiger partial charge in [0.15, 0.2) is 11.5 Å². The fourth-order valence-corrected chi connectivity index (χ4v) is 8.15. The zero-order valence-electron chi connectivity index (χ0n) is 24.6. The van der Waals surface area contributed by atoms with Gasteiger partial charge >= 0.3 is 5.97 Å². The van der Waals surface area contributed by atoms with Gasteiger partial charge in [-0.3, -0.25) is 14.5 Å². The first kappa shape index (κ1) is 27.4. The van der Waals surface area contributed by atoms with Gasteiger partial charge in [0.2, 0.25) is 0 Å². The maximum Gasteiger partial charge on any atom is 0.303 e. The van der Waals surface area contributed by atoms with Gasteiger partial charge in [-0.2, -0.15) is 0 Å². The number of carbonyl (C=O) groups is 2. The predicted octanol–water partition coefficient (Wildman–Crippen LogP) is 4.10. The Bertz CT molecular complexity index is 1500. The van der Waals surface area contributed by atoms with E-state index in [0.717, 1.165) is 41.8 Å². The highest BCUT2D eigenvalue weighted by Gasteiger charge is 2.75. The number of amides is 1. The molecule has 2 aromatic carbocycles. The summed E-state index contributed by atoms with van der Waals surface area (Å²) >= 11 is 0. The molecule has 0 N–H and O–H groups in total. The van der Waals surface area contributed by atoms with Gasteiger partial charge in [0.05, 0.1) is 24.6 Å². The molecule has 6 rings (SSSR count). The van der Waals surface area contributed by atoms with Gasteiger partial charge in [0.1, 0.15) is 11.7 Å². The zero-order valence-corrected chi connectivity index (χ0v) is 24.6. The lowest BCUT2D eigenvalue weighted by molar-refractivity contribution is -0.222. The molecule has 0 radical (unpaired) electrons. The van der Waals surface area contributed by atoms with Gasteiger partial charge < -0.3 is 19.1 Å². The molecule has 41 heavy (non-hydrogen) atoms. The number of piperidine rings is 1. The van der Waals surface area contributed by atoms with Crippen molar-refractivity contribution < 1.29 is 23.8 Å². The lowest BCUT2D eigenvalue weighted by Crippen LogP contribution is -2.79. The number of likely N-dealkylation sites (N-methyl/N-ethyl adjacent to an activating group) is 1. The fourth-order valence-electron chi connectivity index (χ4n) is 8.15. The molecule has 1 amide bonds. The number of hydrogen-bond donors (Lipinski definition) is 0. The van der Waals surface area contributed by atoms with Crippen molar-refractivity contribution in [3.8, 4) is 23.3 Å². The third-order valence-corrected chi connectivity index (χ3v) is 10.0. The number of aryl methyl sites for hydroxylation is 2. The van der Waals surface area contributed by atoms with Gasteiger partial charge in [0, 0.05) is 44.1 Å². The van der Waals surface area contributed by atoms with Gasteiger partial charge in [-0.25, -0.2) is 0 Å². The number of nitrogens with zero attached hydrogens (tertiary/aromatic N) is 2. The van der Waals surface area contributed by atoms with Gasteiger partial charge in [0.25, 0.3) is 5.91 Å². The van der Waals surface area contributed by atoms with Gasteiger partial charge in [-0.15, -0.1) is 6.58 Å². The van der Waals surface area contributed by atoms with Crippen LogP contribution in [-0.2, 0) is 26.2 Å². The van der Waals surface area contributed by atoms with Crippen LogP contribution in [0.4, 0.5) is 0 Å². The quantitative estimate of drug-likeness (QED) is 0.315. The number of ether oxygens (including phenoxy) is 3. The maximum atomic E-state index is 13.5. The second kappa shape index (κ2) is 9.95. The van der Waals surface area contributed by atoms with Crippen LogP contribution in [0.3, 0.4) is 0 Å². The Balaban J connectivity index is 1.44. The SMILES string of the molecule is C=CCN1CC[C@]23c4c5ccc(OC)c4O[C@H]2[C@H](N(C)C(=O)C#Cc2ccc(C)c(C)c2)CC[C@@]3(OC(C)=O)[C@H]1C5. The summed E-state index contributed by atoms with van der Waals surface area (Å²) in [6.07, 6.45) is 4.22. The second-order valence-electron chi connectivity index (χ2n) is 11.9. The van der Waals surface area contributed by atoms with E-state index in [-0.39, 0.29) is 24.0 Å². The highest BCUT2D eigenvalue weighted by molar-refractivity contribution is 5.94. The highest BCUT2D eigenvalue weighted by Crippen LogP contribution is 2.67. The molecule has 2 bridgehead atoms. The molecule has 1 saturated carbocycles. The molecule has 2 aliphatic carbocycles. The third kappa shape index (κ3) is 3.91. The third-order valence-electron chi connectivity index (χ3n) is 10.0. The lowest BCUT2D eigenvalue weighted by Gasteiger charge is -2.65. The zero-order chi connectivity index (χ0) is 29.1. The summed E-state index contributed by atoms with van der Waals surface area (Å²) in [5.41, 5.74) is 4.02. The summed E-state index contributed by atoms with van der Waals surface area (Å²) in [6.45, 7) is 11.1. The first-order chi connectivity index (χ1) is 19.7. The average Bonchev–Trinajstić information content (AvgIpc) is 3.29. The van der Waals surface area contributed by atoms with E-state index >= 15 is 0 Å². The van der Waals surface area contributed by atoms with Gasteiger partial charge in [-0.1, -0.05) is 24.1 Å². The number of hydrogen-bond acceptors (Lipinski definition) is 6. The number of carbonyl (C=O) groups excluding carboxylic acids is 2. The molecule has 1 saturated heterocycles. The standard InChI is InChI=1S/C34H38N2O5/c1-7-17-36-18-16-33-30-25-11-12-27(39-6)31(30)40-32(33)26(14-15-34(33,28(36)20-25)41-23(4)37)35(5)29(38)13-10-24-9-8-21(2)22(3)19-24/h7-9,11-12,19,26,28,32H,1,14-18,20H2,2-6H3/t26-,28-,32+,33+,34-/m1/s1. The molecule has 7 nitrogen and oxygen atoms in total. The summed E-state index contributed by atoms with van der Waals surface area (Å²) in [5.74, 6) is 6.77. The molecule has 2 aromatic rings. The summed E-state index contributed by atoms with van der Waals surface area (Å²) in [6, 6.07) is 9.78. The van der Waals surface area contributed by atoms with Crippen LogP contribution >= 0.6 is 0 Å². The molecular formula is C34H38N2O5. The Kier molecular flexibility index (Phi) is 6.66. The van der Waals surface area contributed by atoms with E-state index in [2.05, 4.69) is 36.3 Å². The van der Waals surface area contributed by atoms with E-state index in [1.54, 1.807) is 12.0 Å². The highest BCUT2D eigenvalue weighted by atomic mass is 16.6. The van der Waals surface area contributed by atoms with Crippen LogP contribution in [0.2, 0.25) is 0 Å². The average molecular weight is 555 g/mol. The van der Waals surface area contributed by atoms with Crippen LogP contribution in [0, 0.1) is 25.7 Å². The summed E-state index contributed by atoms with van der Waals surface area (Å²) in [4.78, 5) is 30.5. The molecule has 2 heterocycles. The Morgan fingerprint density at radius 1 is 1.22 bits per heavy atom. The first-order valence-corrected chi connectivity index (χ1v) is 14.4. The van der Waals surface area contributed by atoms with Crippen LogP contribution in [0.1, 0.15) is 54.0 Å². The van der Waals surface area contributed by atoms with E-state index < -0.39 is 17.1 Å². The van der Waals surface area contributed by atoms with Crippen molar-refractivity contribution in [2.75, 3.05) is 27.2 Å². The number of likely N-dealkylation sites (tertiary alicyclic amines) is 1. The smallest absolute Gasteiger partial charge is 0.303 e. The minimum Gasteiger partial charge on any atom is -0.493 e. The maximum absolute atomic E-state index is 13.5. The van der Waals surface area contributed by atoms with E-state index in [1.807, 2.05) is 44.3 Å². The Morgan fingerprint density at radius 3 is 2.73 bits per heavy atom. The minimum absolute atomic E-state index is 0.0254. The number of esters is 1. The Morgan fingerprint density at radius 2 is 2.02 bits per heavy atom. The summed E-state index contributed by atoms with van der Waals surface area (Å²) in [7, 11) is 3.46. The van der Waals surface area contributed by atoms with E-state index in [4.69, 9.17) is 14.2 Å². The van der Waals surface area contributed by atoms with Crippen LogP contribution in [0.5, 0.6) is 11.5 Å². The fraction of sp³-hybridized carbons (Fsp3) is 0.471. The number of benzene rings is 2. The molecule has 5 atom stereocenters. The van der Waals surface area contributed by atoms with Crippen LogP contribution in [0.25, 0.3) is 0 Å². The number of methoxy groups -OCH3 is 1. The molecule has 214 valence electrons. The largest absolute Gasteiger partial charge is 0.493 e. The van der Waals surface area contributed by atoms with Crippen molar-refractivity contribution in [2.24, 2.45) is 0 Å². The first-order valence-electron chi connectivity index (χ1n) is 14.4. The molecule has 1 spiro atoms. The molecule has 0 aromatic heterocycles. The Hall–Kier alpha value is -3.76. The van der Waals surface area contributed by atoms with Crippen molar-refractivity contribution >= 4 is 11.9 Å². The van der Waals surface area contributed by atoms with Crippen LogP contribution < -0.4 is 9.47 Å². The molecule has 2 fully saturated rings. The van der Waals surface area contributed by atoms with E-state index in [9.17, 15) is 9.59 Å². The lowest BCUT2D eigenvalue weighted by atomic mass is 9.48. The normalized spacial score (nSPS) is 28.9. The summed E-state index contributed by atoms with van der Waals surface area (Å²) in [5, 5.41) is 0. The molecule has 0 unspecified atom stereocenters. The minimum atomic E-state index is -0.791. The van der Waals surface area contributed by atoms with Crippen molar-refractivity contribution in [1.29, 1.82) is 0 Å². The van der Waals surface area contributed by atoms with Crippen molar-refractivity contribution in [1.82, 2.24) is 9.80 Å². The summed E-state index contributed by atoms with van der Waals surface area (Å²) < 4.78 is 19.2. The van der Waals surface area contributed by atoms with Crippen molar-refractivity contribution in [3.63, 3.8) is 0 Å². The molecule has 4 aliphatic rings. The van der Waals surface area contributed by atoms with E-state index in [0.29, 0.717) is 25.1 Å². The molecule has 2 aliphatic heterocycles. The molecule has 7 heteroatoms. The Labute approximate surface area is 242 Å². The van der Waals surface area contributed by atoms with E-state index in [1.165, 1.54) is 18.1 Å². The second-order valence-corrected chi connectivity index (χ2v) is 11.9. The number of rotatable bonds is 5. The monoisotopic (exact) mass is 554 g/mol. The topological polar surface area (TPSA) is 68.3 Å². The van der Waals surface area contributed by atoms with Crippen molar-refractivity contribution in [3.05, 3.63) is 70.8 Å².